The van der Waals surface area contributed by atoms with Crippen LogP contribution in [0.5, 0.6) is 0 Å². The van der Waals surface area contributed by atoms with Crippen LogP contribution in [0.3, 0.4) is 0 Å². The third-order valence-electron chi connectivity index (χ3n) is 5.29. The highest BCUT2D eigenvalue weighted by Crippen LogP contribution is 2.26. The van der Waals surface area contributed by atoms with Crippen LogP contribution >= 0.6 is 0 Å². The Morgan fingerprint density at radius 2 is 2.11 bits per heavy atom. The first-order chi connectivity index (χ1) is 13.2. The molecule has 0 unspecified atom stereocenters. The van der Waals surface area contributed by atoms with Crippen LogP contribution in [0.15, 0.2) is 28.8 Å². The van der Waals surface area contributed by atoms with Crippen LogP contribution in [-0.4, -0.2) is 46.7 Å². The van der Waals surface area contributed by atoms with E-state index in [2.05, 4.69) is 10.1 Å². The summed E-state index contributed by atoms with van der Waals surface area (Å²) < 4.78 is 24.4. The molecule has 0 bridgehead atoms. The maximum Gasteiger partial charge on any atom is 0.233 e. The van der Waals surface area contributed by atoms with E-state index in [1.165, 1.54) is 25.0 Å². The molecule has 1 amide bonds. The van der Waals surface area contributed by atoms with Gasteiger partial charge < -0.3 is 14.2 Å². The molecule has 2 aliphatic rings. The summed E-state index contributed by atoms with van der Waals surface area (Å²) >= 11 is 0. The van der Waals surface area contributed by atoms with Crippen molar-refractivity contribution in [2.45, 2.75) is 50.5 Å². The number of ether oxygens (including phenoxy) is 1. The molecule has 2 aromatic rings. The summed E-state index contributed by atoms with van der Waals surface area (Å²) in [5.74, 6) is 0.991. The van der Waals surface area contributed by atoms with Gasteiger partial charge in [-0.3, -0.25) is 4.79 Å². The lowest BCUT2D eigenvalue weighted by Crippen LogP contribution is -2.49. The first kappa shape index (κ1) is 18.1. The topological polar surface area (TPSA) is 68.5 Å². The molecule has 7 heteroatoms. The van der Waals surface area contributed by atoms with E-state index in [1.54, 1.807) is 17.0 Å². The van der Waals surface area contributed by atoms with Gasteiger partial charge in [0.1, 0.15) is 5.82 Å². The van der Waals surface area contributed by atoms with Crippen LogP contribution in [0.2, 0.25) is 0 Å². The van der Waals surface area contributed by atoms with Crippen LogP contribution in [0.25, 0.3) is 0 Å². The molecule has 1 aromatic heterocycles. The quantitative estimate of drug-likeness (QED) is 0.746. The van der Waals surface area contributed by atoms with Gasteiger partial charge in [0.25, 0.3) is 0 Å². The standard InChI is InChI=1S/C20H24FN3O3/c21-16-5-3-4-14(10-16)11-19(25)24-12-15(13-24)20-22-18(23-27-20)8-9-26-17-6-1-2-7-17/h3-5,10,15,17H,1-2,6-9,11-13H2. The number of carbonyl (C=O) groups excluding carboxylic acids is 1. The van der Waals surface area contributed by atoms with Gasteiger partial charge in [0.05, 0.1) is 25.0 Å². The van der Waals surface area contributed by atoms with Gasteiger partial charge in [0.15, 0.2) is 5.82 Å². The van der Waals surface area contributed by atoms with Gasteiger partial charge in [0.2, 0.25) is 11.8 Å². The molecule has 2 heterocycles. The van der Waals surface area contributed by atoms with Crippen molar-refractivity contribution in [3.8, 4) is 0 Å². The molecule has 27 heavy (non-hydrogen) atoms. The summed E-state index contributed by atoms with van der Waals surface area (Å²) in [6, 6.07) is 6.15. The fraction of sp³-hybridized carbons (Fsp3) is 0.550. The fourth-order valence-electron chi connectivity index (χ4n) is 3.68. The largest absolute Gasteiger partial charge is 0.378 e. The Bertz CT molecular complexity index is 782. The van der Waals surface area contributed by atoms with Crippen molar-refractivity contribution in [2.75, 3.05) is 19.7 Å². The lowest BCUT2D eigenvalue weighted by molar-refractivity contribution is -0.135. The van der Waals surface area contributed by atoms with Gasteiger partial charge in [-0.1, -0.05) is 30.1 Å². The predicted octanol–water partition coefficient (Wildman–Crippen LogP) is 2.88. The van der Waals surface area contributed by atoms with Gasteiger partial charge in [-0.2, -0.15) is 4.98 Å². The zero-order valence-corrected chi connectivity index (χ0v) is 15.3. The van der Waals surface area contributed by atoms with Crippen molar-refractivity contribution in [1.29, 1.82) is 0 Å². The van der Waals surface area contributed by atoms with E-state index in [0.29, 0.717) is 49.5 Å². The average molecular weight is 373 g/mol. The van der Waals surface area contributed by atoms with Crippen molar-refractivity contribution < 1.29 is 18.4 Å². The number of aromatic nitrogens is 2. The molecule has 1 aromatic carbocycles. The number of hydrogen-bond acceptors (Lipinski definition) is 5. The molecule has 1 aliphatic heterocycles. The Hall–Kier alpha value is -2.28. The second-order valence-electron chi connectivity index (χ2n) is 7.38. The Labute approximate surface area is 157 Å². The fourth-order valence-corrected chi connectivity index (χ4v) is 3.68. The molecule has 0 radical (unpaired) electrons. The zero-order chi connectivity index (χ0) is 18.6. The van der Waals surface area contributed by atoms with E-state index in [-0.39, 0.29) is 24.1 Å². The molecule has 2 fully saturated rings. The van der Waals surface area contributed by atoms with E-state index in [4.69, 9.17) is 9.26 Å². The summed E-state index contributed by atoms with van der Waals surface area (Å²) in [6.07, 6.45) is 6.06. The summed E-state index contributed by atoms with van der Waals surface area (Å²) in [6.45, 7) is 1.75. The Kier molecular flexibility index (Phi) is 5.48. The predicted molar refractivity (Wildman–Crippen MR) is 95.6 cm³/mol. The number of benzene rings is 1. The number of halogens is 1. The molecule has 4 rings (SSSR count). The lowest BCUT2D eigenvalue weighted by Gasteiger charge is -2.37. The smallest absolute Gasteiger partial charge is 0.233 e. The minimum absolute atomic E-state index is 0.0125. The third kappa shape index (κ3) is 4.53. The van der Waals surface area contributed by atoms with E-state index in [0.717, 1.165) is 12.8 Å². The van der Waals surface area contributed by atoms with E-state index < -0.39 is 0 Å². The third-order valence-corrected chi connectivity index (χ3v) is 5.29. The normalized spacial score (nSPS) is 18.0. The van der Waals surface area contributed by atoms with Gasteiger partial charge in [-0.25, -0.2) is 4.39 Å². The highest BCUT2D eigenvalue weighted by molar-refractivity contribution is 5.79. The molecule has 0 N–H and O–H groups in total. The summed E-state index contributed by atoms with van der Waals surface area (Å²) in [5.41, 5.74) is 0.686. The van der Waals surface area contributed by atoms with Gasteiger partial charge in [0, 0.05) is 19.5 Å². The summed E-state index contributed by atoms with van der Waals surface area (Å²) in [5, 5.41) is 4.02. The molecule has 1 aliphatic carbocycles. The highest BCUT2D eigenvalue weighted by atomic mass is 19.1. The molecule has 1 saturated heterocycles. The van der Waals surface area contributed by atoms with Crippen molar-refractivity contribution in [1.82, 2.24) is 15.0 Å². The van der Waals surface area contributed by atoms with Crippen LogP contribution in [0.4, 0.5) is 4.39 Å². The molecule has 144 valence electrons. The Morgan fingerprint density at radius 1 is 1.30 bits per heavy atom. The molecule has 6 nitrogen and oxygen atoms in total. The second kappa shape index (κ2) is 8.17. The number of likely N-dealkylation sites (tertiary alicyclic amines) is 1. The average Bonchev–Trinajstić information content (AvgIpc) is 3.26. The number of nitrogens with zero attached hydrogens (tertiary/aromatic N) is 3. The second-order valence-corrected chi connectivity index (χ2v) is 7.38. The Morgan fingerprint density at radius 3 is 2.89 bits per heavy atom. The molecular weight excluding hydrogens is 349 g/mol. The van der Waals surface area contributed by atoms with Crippen LogP contribution in [-0.2, 0) is 22.4 Å². The number of amides is 1. The van der Waals surface area contributed by atoms with E-state index in [1.807, 2.05) is 0 Å². The highest BCUT2D eigenvalue weighted by Gasteiger charge is 2.35. The zero-order valence-electron chi connectivity index (χ0n) is 15.3. The van der Waals surface area contributed by atoms with Crippen molar-refractivity contribution in [3.63, 3.8) is 0 Å². The first-order valence-corrected chi connectivity index (χ1v) is 9.63. The molecule has 0 spiro atoms. The van der Waals surface area contributed by atoms with Crippen LogP contribution in [0, 0.1) is 5.82 Å². The molecule has 0 atom stereocenters. The first-order valence-electron chi connectivity index (χ1n) is 9.63. The van der Waals surface area contributed by atoms with E-state index >= 15 is 0 Å². The van der Waals surface area contributed by atoms with Crippen LogP contribution in [0.1, 0.15) is 48.9 Å². The van der Waals surface area contributed by atoms with E-state index in [9.17, 15) is 9.18 Å². The van der Waals surface area contributed by atoms with Gasteiger partial charge >= 0.3 is 0 Å². The van der Waals surface area contributed by atoms with Crippen molar-refractivity contribution in [2.24, 2.45) is 0 Å². The number of carbonyl (C=O) groups is 1. The Balaban J connectivity index is 1.21. The van der Waals surface area contributed by atoms with Gasteiger partial charge in [-0.05, 0) is 30.5 Å². The monoisotopic (exact) mass is 373 g/mol. The molecule has 1 saturated carbocycles. The van der Waals surface area contributed by atoms with Crippen molar-refractivity contribution in [3.05, 3.63) is 47.4 Å². The van der Waals surface area contributed by atoms with Crippen LogP contribution < -0.4 is 0 Å². The minimum Gasteiger partial charge on any atom is -0.378 e. The molecular formula is C20H24FN3O3. The maximum atomic E-state index is 13.2. The van der Waals surface area contributed by atoms with Gasteiger partial charge in [-0.15, -0.1) is 0 Å². The summed E-state index contributed by atoms with van der Waals surface area (Å²) in [4.78, 5) is 18.5. The number of hydrogen-bond donors (Lipinski definition) is 0. The minimum atomic E-state index is -0.322. The lowest BCUT2D eigenvalue weighted by atomic mass is 9.99. The SMILES string of the molecule is O=C(Cc1cccc(F)c1)N1CC(c2nc(CCOC3CCCC3)no2)C1. The summed E-state index contributed by atoms with van der Waals surface area (Å²) in [7, 11) is 0. The number of rotatable bonds is 7. The maximum absolute atomic E-state index is 13.2. The van der Waals surface area contributed by atoms with Crippen molar-refractivity contribution >= 4 is 5.91 Å².